The average Bonchev–Trinajstić information content (AvgIpc) is 2.88. The standard InChI is InChI=1S/C15H12BrN3O/c1-19-14(8-9-17-19)15(20)18-13-7-6-12(16)10-4-2-3-5-11(10)13/h2-9H,1H3,(H,18,20). The summed E-state index contributed by atoms with van der Waals surface area (Å²) in [5.74, 6) is -0.169. The Labute approximate surface area is 124 Å². The number of nitrogens with one attached hydrogen (secondary N) is 1. The Bertz CT molecular complexity index is 795. The summed E-state index contributed by atoms with van der Waals surface area (Å²) in [6.07, 6.45) is 1.61. The first-order valence-corrected chi connectivity index (χ1v) is 6.93. The molecule has 0 aliphatic carbocycles. The second-order valence-corrected chi connectivity index (χ2v) is 5.29. The van der Waals surface area contributed by atoms with Crippen molar-refractivity contribution in [2.75, 3.05) is 5.32 Å². The molecule has 1 heterocycles. The molecule has 0 fully saturated rings. The Hall–Kier alpha value is -2.14. The summed E-state index contributed by atoms with van der Waals surface area (Å²) in [4.78, 5) is 12.2. The van der Waals surface area contributed by atoms with E-state index >= 15 is 0 Å². The van der Waals surface area contributed by atoms with Crippen molar-refractivity contribution in [3.05, 3.63) is 58.8 Å². The van der Waals surface area contributed by atoms with Gasteiger partial charge >= 0.3 is 0 Å². The maximum atomic E-state index is 12.2. The van der Waals surface area contributed by atoms with Crippen LogP contribution in [0, 0.1) is 0 Å². The van der Waals surface area contributed by atoms with E-state index in [1.807, 2.05) is 36.4 Å². The summed E-state index contributed by atoms with van der Waals surface area (Å²) in [6, 6.07) is 13.4. The Morgan fingerprint density at radius 3 is 2.60 bits per heavy atom. The molecule has 1 aromatic heterocycles. The number of halogens is 1. The van der Waals surface area contributed by atoms with E-state index in [-0.39, 0.29) is 5.91 Å². The number of aromatic nitrogens is 2. The second-order valence-electron chi connectivity index (χ2n) is 4.43. The third-order valence-corrected chi connectivity index (χ3v) is 3.86. The van der Waals surface area contributed by atoms with Gasteiger partial charge in [0.25, 0.3) is 5.91 Å². The third kappa shape index (κ3) is 2.20. The summed E-state index contributed by atoms with van der Waals surface area (Å²) < 4.78 is 2.56. The van der Waals surface area contributed by atoms with Crippen LogP contribution in [-0.4, -0.2) is 15.7 Å². The highest BCUT2D eigenvalue weighted by molar-refractivity contribution is 9.10. The lowest BCUT2D eigenvalue weighted by Crippen LogP contribution is -2.16. The molecule has 0 saturated carbocycles. The largest absolute Gasteiger partial charge is 0.320 e. The molecule has 100 valence electrons. The number of anilines is 1. The summed E-state index contributed by atoms with van der Waals surface area (Å²) >= 11 is 3.52. The Morgan fingerprint density at radius 2 is 1.90 bits per heavy atom. The van der Waals surface area contributed by atoms with Crippen molar-refractivity contribution < 1.29 is 4.79 Å². The zero-order valence-corrected chi connectivity index (χ0v) is 12.4. The van der Waals surface area contributed by atoms with Crippen LogP contribution >= 0.6 is 15.9 Å². The fourth-order valence-electron chi connectivity index (χ4n) is 2.15. The number of carbonyl (C=O) groups excluding carboxylic acids is 1. The number of rotatable bonds is 2. The van der Waals surface area contributed by atoms with Crippen molar-refractivity contribution in [3.8, 4) is 0 Å². The van der Waals surface area contributed by atoms with Crippen LogP contribution in [0.4, 0.5) is 5.69 Å². The van der Waals surface area contributed by atoms with Gasteiger partial charge in [-0.2, -0.15) is 5.10 Å². The van der Waals surface area contributed by atoms with Crippen LogP contribution in [-0.2, 0) is 7.05 Å². The Morgan fingerprint density at radius 1 is 1.15 bits per heavy atom. The maximum Gasteiger partial charge on any atom is 0.273 e. The normalized spacial score (nSPS) is 10.7. The number of nitrogens with zero attached hydrogens (tertiary/aromatic N) is 2. The first-order valence-electron chi connectivity index (χ1n) is 6.13. The molecule has 4 nitrogen and oxygen atoms in total. The van der Waals surface area contributed by atoms with Gasteiger partial charge in [-0.15, -0.1) is 0 Å². The number of hydrogen-bond acceptors (Lipinski definition) is 2. The van der Waals surface area contributed by atoms with E-state index in [2.05, 4.69) is 26.3 Å². The number of fused-ring (bicyclic) bond motifs is 1. The Balaban J connectivity index is 2.02. The summed E-state index contributed by atoms with van der Waals surface area (Å²) in [6.45, 7) is 0. The van der Waals surface area contributed by atoms with Gasteiger partial charge in [0.2, 0.25) is 0 Å². The lowest BCUT2D eigenvalue weighted by molar-refractivity contribution is 0.101. The second kappa shape index (κ2) is 5.09. The molecular weight excluding hydrogens is 318 g/mol. The lowest BCUT2D eigenvalue weighted by Gasteiger charge is -2.10. The minimum atomic E-state index is -0.169. The highest BCUT2D eigenvalue weighted by Gasteiger charge is 2.12. The molecule has 3 rings (SSSR count). The van der Waals surface area contributed by atoms with Crippen LogP contribution in [0.25, 0.3) is 10.8 Å². The van der Waals surface area contributed by atoms with Crippen LogP contribution in [0.15, 0.2) is 53.1 Å². The van der Waals surface area contributed by atoms with Gasteiger partial charge in [0, 0.05) is 28.8 Å². The zero-order chi connectivity index (χ0) is 14.1. The lowest BCUT2D eigenvalue weighted by atomic mass is 10.1. The van der Waals surface area contributed by atoms with Crippen molar-refractivity contribution in [2.24, 2.45) is 7.05 Å². The minimum absolute atomic E-state index is 0.169. The summed E-state index contributed by atoms with van der Waals surface area (Å²) in [5.41, 5.74) is 1.31. The SMILES string of the molecule is Cn1nccc1C(=O)Nc1ccc(Br)c2ccccc12. The summed E-state index contributed by atoms with van der Waals surface area (Å²) in [7, 11) is 1.74. The highest BCUT2D eigenvalue weighted by Crippen LogP contribution is 2.30. The quantitative estimate of drug-likeness (QED) is 0.781. The molecule has 2 aromatic carbocycles. The third-order valence-electron chi connectivity index (χ3n) is 3.17. The van der Waals surface area contributed by atoms with Crippen molar-refractivity contribution in [2.45, 2.75) is 0 Å². The van der Waals surface area contributed by atoms with Crippen LogP contribution in [0.2, 0.25) is 0 Å². The number of aryl methyl sites for hydroxylation is 1. The molecule has 0 aliphatic heterocycles. The van der Waals surface area contributed by atoms with Crippen LogP contribution in [0.1, 0.15) is 10.5 Å². The molecule has 0 radical (unpaired) electrons. The van der Waals surface area contributed by atoms with E-state index < -0.39 is 0 Å². The fourth-order valence-corrected chi connectivity index (χ4v) is 2.63. The molecule has 0 saturated heterocycles. The summed E-state index contributed by atoms with van der Waals surface area (Å²) in [5, 5.41) is 9.00. The molecule has 1 amide bonds. The van der Waals surface area contributed by atoms with Gasteiger partial charge in [0.05, 0.1) is 0 Å². The topological polar surface area (TPSA) is 46.9 Å². The highest BCUT2D eigenvalue weighted by atomic mass is 79.9. The van der Waals surface area contributed by atoms with Crippen LogP contribution < -0.4 is 5.32 Å². The van der Waals surface area contributed by atoms with Gasteiger partial charge in [-0.3, -0.25) is 9.48 Å². The van der Waals surface area contributed by atoms with E-state index in [4.69, 9.17) is 0 Å². The minimum Gasteiger partial charge on any atom is -0.320 e. The van der Waals surface area contributed by atoms with Gasteiger partial charge in [-0.05, 0) is 23.6 Å². The molecule has 0 unspecified atom stereocenters. The van der Waals surface area contributed by atoms with Crippen LogP contribution in [0.5, 0.6) is 0 Å². The monoisotopic (exact) mass is 329 g/mol. The predicted molar refractivity (Wildman–Crippen MR) is 82.8 cm³/mol. The molecule has 20 heavy (non-hydrogen) atoms. The van der Waals surface area contributed by atoms with E-state index in [0.717, 1.165) is 20.9 Å². The Kier molecular flexibility index (Phi) is 3.28. The first-order chi connectivity index (χ1) is 9.66. The maximum absolute atomic E-state index is 12.2. The van der Waals surface area contributed by atoms with Gasteiger partial charge < -0.3 is 5.32 Å². The van der Waals surface area contributed by atoms with Gasteiger partial charge in [0.1, 0.15) is 5.69 Å². The van der Waals surface area contributed by atoms with Crippen molar-refractivity contribution >= 4 is 38.3 Å². The molecule has 0 atom stereocenters. The molecule has 3 aromatic rings. The van der Waals surface area contributed by atoms with E-state index in [9.17, 15) is 4.79 Å². The molecule has 0 spiro atoms. The zero-order valence-electron chi connectivity index (χ0n) is 10.8. The fraction of sp³-hybridized carbons (Fsp3) is 0.0667. The molecule has 5 heteroatoms. The van der Waals surface area contributed by atoms with E-state index in [0.29, 0.717) is 5.69 Å². The smallest absolute Gasteiger partial charge is 0.273 e. The number of carbonyl (C=O) groups is 1. The molecular formula is C15H12BrN3O. The van der Waals surface area contributed by atoms with Crippen molar-refractivity contribution in [3.63, 3.8) is 0 Å². The van der Waals surface area contributed by atoms with E-state index in [1.54, 1.807) is 24.0 Å². The van der Waals surface area contributed by atoms with E-state index in [1.165, 1.54) is 0 Å². The van der Waals surface area contributed by atoms with Crippen molar-refractivity contribution in [1.29, 1.82) is 0 Å². The molecule has 0 aliphatic rings. The average molecular weight is 330 g/mol. The first kappa shape index (κ1) is 12.9. The van der Waals surface area contributed by atoms with Crippen molar-refractivity contribution in [1.82, 2.24) is 9.78 Å². The number of amides is 1. The number of benzene rings is 2. The van der Waals surface area contributed by atoms with Gasteiger partial charge in [-0.25, -0.2) is 0 Å². The van der Waals surface area contributed by atoms with Crippen LogP contribution in [0.3, 0.4) is 0 Å². The predicted octanol–water partition coefficient (Wildman–Crippen LogP) is 3.59. The molecule has 0 bridgehead atoms. The molecule has 1 N–H and O–H groups in total. The van der Waals surface area contributed by atoms with Gasteiger partial charge in [0.15, 0.2) is 0 Å². The van der Waals surface area contributed by atoms with Gasteiger partial charge in [-0.1, -0.05) is 40.2 Å². The number of hydrogen-bond donors (Lipinski definition) is 1.